The molecule has 1 heterocycles. The number of primary amides is 1. The molecule has 0 bridgehead atoms. The first-order valence-corrected chi connectivity index (χ1v) is 10.8. The summed E-state index contributed by atoms with van der Waals surface area (Å²) < 4.78 is 16.0. The van der Waals surface area contributed by atoms with E-state index >= 15 is 0 Å². The zero-order chi connectivity index (χ0) is 24.1. The SMILES string of the molecule is COc1ccc(C(CC(=O)NC(Cc2ccccc2)C(N)=O)c2cc3c(cc2O)OCO3)cc1. The summed E-state index contributed by atoms with van der Waals surface area (Å²) in [6.07, 6.45) is 0.252. The van der Waals surface area contributed by atoms with Crippen LogP contribution in [0.1, 0.15) is 29.0 Å². The maximum atomic E-state index is 13.1. The molecule has 1 aliphatic heterocycles. The Hall–Kier alpha value is -4.20. The number of fused-ring (bicyclic) bond motifs is 1. The molecule has 0 saturated heterocycles. The molecule has 0 fully saturated rings. The molecule has 0 radical (unpaired) electrons. The summed E-state index contributed by atoms with van der Waals surface area (Å²) in [5, 5.41) is 13.5. The number of phenolic OH excluding ortho intramolecular Hbond substituents is 1. The van der Waals surface area contributed by atoms with E-state index < -0.39 is 17.9 Å². The number of methoxy groups -OCH3 is 1. The monoisotopic (exact) mass is 462 g/mol. The number of phenols is 1. The molecule has 176 valence electrons. The van der Waals surface area contributed by atoms with Crippen LogP contribution in [0.2, 0.25) is 0 Å². The Morgan fingerprint density at radius 2 is 1.74 bits per heavy atom. The number of nitrogens with one attached hydrogen (secondary N) is 1. The van der Waals surface area contributed by atoms with Crippen molar-refractivity contribution in [3.05, 3.63) is 83.4 Å². The fourth-order valence-corrected chi connectivity index (χ4v) is 3.98. The van der Waals surface area contributed by atoms with Crippen LogP contribution < -0.4 is 25.3 Å². The molecule has 1 aliphatic rings. The van der Waals surface area contributed by atoms with Gasteiger partial charge in [0.05, 0.1) is 7.11 Å². The maximum Gasteiger partial charge on any atom is 0.240 e. The third-order valence-electron chi connectivity index (χ3n) is 5.77. The number of hydrogen-bond donors (Lipinski definition) is 3. The Balaban J connectivity index is 1.60. The van der Waals surface area contributed by atoms with E-state index in [2.05, 4.69) is 5.32 Å². The molecule has 3 aromatic rings. The zero-order valence-corrected chi connectivity index (χ0v) is 18.7. The Morgan fingerprint density at radius 3 is 2.38 bits per heavy atom. The Bertz CT molecular complexity index is 1160. The van der Waals surface area contributed by atoms with Gasteiger partial charge in [0.1, 0.15) is 17.5 Å². The summed E-state index contributed by atoms with van der Waals surface area (Å²) in [5.74, 6) is 0.0566. The van der Waals surface area contributed by atoms with Crippen molar-refractivity contribution in [3.63, 3.8) is 0 Å². The number of rotatable bonds is 9. The van der Waals surface area contributed by atoms with Crippen LogP contribution in [-0.2, 0) is 16.0 Å². The minimum atomic E-state index is -0.864. The molecule has 0 aliphatic carbocycles. The van der Waals surface area contributed by atoms with Gasteiger partial charge in [-0.3, -0.25) is 9.59 Å². The van der Waals surface area contributed by atoms with E-state index in [4.69, 9.17) is 19.9 Å². The van der Waals surface area contributed by atoms with Crippen molar-refractivity contribution < 1.29 is 28.9 Å². The molecule has 0 saturated carbocycles. The van der Waals surface area contributed by atoms with Crippen molar-refractivity contribution in [3.8, 4) is 23.0 Å². The van der Waals surface area contributed by atoms with Crippen LogP contribution in [0.5, 0.6) is 23.0 Å². The first kappa shape index (κ1) is 23.0. The number of carbonyl (C=O) groups is 2. The summed E-state index contributed by atoms with van der Waals surface area (Å²) >= 11 is 0. The van der Waals surface area contributed by atoms with Crippen LogP contribution in [0.4, 0.5) is 0 Å². The Morgan fingerprint density at radius 1 is 1.06 bits per heavy atom. The second-order valence-corrected chi connectivity index (χ2v) is 8.01. The number of nitrogens with two attached hydrogens (primary N) is 1. The fraction of sp³-hybridized carbons (Fsp3) is 0.231. The van der Waals surface area contributed by atoms with Gasteiger partial charge in [0.15, 0.2) is 11.5 Å². The summed E-state index contributed by atoms with van der Waals surface area (Å²) in [6.45, 7) is 0.0612. The van der Waals surface area contributed by atoms with Gasteiger partial charge < -0.3 is 30.4 Å². The van der Waals surface area contributed by atoms with Gasteiger partial charge in [-0.05, 0) is 29.3 Å². The highest BCUT2D eigenvalue weighted by atomic mass is 16.7. The van der Waals surface area contributed by atoms with Crippen LogP contribution in [0, 0.1) is 0 Å². The first-order chi connectivity index (χ1) is 16.4. The summed E-state index contributed by atoms with van der Waals surface area (Å²) in [4.78, 5) is 25.1. The van der Waals surface area contributed by atoms with Gasteiger partial charge in [-0.15, -0.1) is 0 Å². The van der Waals surface area contributed by atoms with Crippen molar-refractivity contribution in [2.24, 2.45) is 5.73 Å². The predicted octanol–water partition coefficient (Wildman–Crippen LogP) is 2.86. The van der Waals surface area contributed by atoms with E-state index in [1.807, 2.05) is 42.5 Å². The molecule has 2 unspecified atom stereocenters. The normalized spacial score (nSPS) is 13.7. The third kappa shape index (κ3) is 5.23. The van der Waals surface area contributed by atoms with Gasteiger partial charge >= 0.3 is 0 Å². The highest BCUT2D eigenvalue weighted by Gasteiger charge is 2.27. The predicted molar refractivity (Wildman–Crippen MR) is 125 cm³/mol. The lowest BCUT2D eigenvalue weighted by Crippen LogP contribution is -2.46. The van der Waals surface area contributed by atoms with Crippen molar-refractivity contribution in [2.45, 2.75) is 24.8 Å². The van der Waals surface area contributed by atoms with Crippen LogP contribution in [0.15, 0.2) is 66.7 Å². The van der Waals surface area contributed by atoms with E-state index in [-0.39, 0.29) is 31.3 Å². The third-order valence-corrected chi connectivity index (χ3v) is 5.77. The average Bonchev–Trinajstić information content (AvgIpc) is 3.29. The van der Waals surface area contributed by atoms with E-state index in [9.17, 15) is 14.7 Å². The molecule has 3 aromatic carbocycles. The summed E-state index contributed by atoms with van der Waals surface area (Å²) in [6, 6.07) is 18.8. The van der Waals surface area contributed by atoms with Crippen LogP contribution in [-0.4, -0.2) is 36.9 Å². The minimum Gasteiger partial charge on any atom is -0.508 e. The summed E-state index contributed by atoms with van der Waals surface area (Å²) in [7, 11) is 1.57. The number of ether oxygens (including phenoxy) is 3. The molecular formula is C26H26N2O6. The Labute approximate surface area is 197 Å². The number of amides is 2. The molecule has 0 aromatic heterocycles. The molecule has 8 heteroatoms. The molecule has 8 nitrogen and oxygen atoms in total. The molecule has 0 spiro atoms. The van der Waals surface area contributed by atoms with Crippen molar-refractivity contribution in [1.29, 1.82) is 0 Å². The van der Waals surface area contributed by atoms with Crippen LogP contribution in [0.3, 0.4) is 0 Å². The molecule has 34 heavy (non-hydrogen) atoms. The lowest BCUT2D eigenvalue weighted by Gasteiger charge is -2.22. The second kappa shape index (κ2) is 10.2. The van der Waals surface area contributed by atoms with E-state index in [0.29, 0.717) is 22.8 Å². The standard InChI is InChI=1S/C26H26N2O6/c1-32-18-9-7-17(8-10-18)19(20-12-23-24(14-22(20)29)34-15-33-23)13-25(30)28-21(26(27)31)11-16-5-3-2-4-6-16/h2-10,12,14,19,21,29H,11,13,15H2,1H3,(H2,27,31)(H,28,30). The fourth-order valence-electron chi connectivity index (χ4n) is 3.98. The van der Waals surface area contributed by atoms with Crippen LogP contribution in [0.25, 0.3) is 0 Å². The lowest BCUT2D eigenvalue weighted by atomic mass is 9.87. The largest absolute Gasteiger partial charge is 0.508 e. The molecule has 2 amide bonds. The molecule has 4 N–H and O–H groups in total. The average molecular weight is 463 g/mol. The molecular weight excluding hydrogens is 436 g/mol. The first-order valence-electron chi connectivity index (χ1n) is 10.8. The highest BCUT2D eigenvalue weighted by Crippen LogP contribution is 2.43. The number of aromatic hydroxyl groups is 1. The second-order valence-electron chi connectivity index (χ2n) is 8.01. The quantitative estimate of drug-likeness (QED) is 0.450. The van der Waals surface area contributed by atoms with E-state index in [1.54, 1.807) is 25.3 Å². The topological polar surface area (TPSA) is 120 Å². The van der Waals surface area contributed by atoms with Gasteiger partial charge in [-0.1, -0.05) is 42.5 Å². The molecule has 2 atom stereocenters. The zero-order valence-electron chi connectivity index (χ0n) is 18.7. The van der Waals surface area contributed by atoms with E-state index in [1.165, 1.54) is 6.07 Å². The molecule has 4 rings (SSSR count). The van der Waals surface area contributed by atoms with Gasteiger partial charge in [0, 0.05) is 30.4 Å². The van der Waals surface area contributed by atoms with Gasteiger partial charge in [-0.25, -0.2) is 0 Å². The van der Waals surface area contributed by atoms with Gasteiger partial charge in [-0.2, -0.15) is 0 Å². The van der Waals surface area contributed by atoms with E-state index in [0.717, 1.165) is 11.1 Å². The van der Waals surface area contributed by atoms with Gasteiger partial charge in [0.2, 0.25) is 18.6 Å². The highest BCUT2D eigenvalue weighted by molar-refractivity contribution is 5.87. The summed E-state index contributed by atoms with van der Waals surface area (Å²) in [5.41, 5.74) is 7.73. The minimum absolute atomic E-state index is 0.0198. The van der Waals surface area contributed by atoms with Crippen molar-refractivity contribution in [1.82, 2.24) is 5.32 Å². The van der Waals surface area contributed by atoms with Gasteiger partial charge in [0.25, 0.3) is 0 Å². The smallest absolute Gasteiger partial charge is 0.240 e. The number of hydrogen-bond acceptors (Lipinski definition) is 6. The number of benzene rings is 3. The van der Waals surface area contributed by atoms with Crippen LogP contribution >= 0.6 is 0 Å². The maximum absolute atomic E-state index is 13.1. The Kier molecular flexibility index (Phi) is 6.87. The van der Waals surface area contributed by atoms with Crippen molar-refractivity contribution >= 4 is 11.8 Å². The van der Waals surface area contributed by atoms with Crippen molar-refractivity contribution in [2.75, 3.05) is 13.9 Å². The lowest BCUT2D eigenvalue weighted by molar-refractivity contribution is -0.127. The number of carbonyl (C=O) groups excluding carboxylic acids is 2.